The summed E-state index contributed by atoms with van der Waals surface area (Å²) in [6, 6.07) is 0. The molecule has 1 unspecified atom stereocenters. The Kier molecular flexibility index (Phi) is 5.95. The second kappa shape index (κ2) is 6.15. The van der Waals surface area contributed by atoms with Crippen molar-refractivity contribution in [3.8, 4) is 0 Å². The maximum Gasteiger partial charge on any atom is 0.0816 e. The van der Waals surface area contributed by atoms with Gasteiger partial charge in [-0.2, -0.15) is 4.91 Å². The highest BCUT2D eigenvalue weighted by atomic mass is 16.3. The van der Waals surface area contributed by atoms with Crippen molar-refractivity contribution in [3.05, 3.63) is 4.91 Å². The zero-order chi connectivity index (χ0) is 9.45. The molecule has 0 saturated heterocycles. The van der Waals surface area contributed by atoms with Gasteiger partial charge in [0.1, 0.15) is 0 Å². The van der Waals surface area contributed by atoms with E-state index in [0.29, 0.717) is 12.0 Å². The maximum atomic E-state index is 9.99. The van der Waals surface area contributed by atoms with Crippen molar-refractivity contribution in [1.82, 2.24) is 0 Å². The highest BCUT2D eigenvalue weighted by molar-refractivity contribution is 4.73. The third-order valence-electron chi connectivity index (χ3n) is 2.79. The summed E-state index contributed by atoms with van der Waals surface area (Å²) < 4.78 is 0. The lowest BCUT2D eigenvalue weighted by molar-refractivity contribution is 0.258. The average Bonchev–Trinajstić information content (AvgIpc) is 2.11. The van der Waals surface area contributed by atoms with Crippen molar-refractivity contribution in [1.29, 1.82) is 0 Å². The van der Waals surface area contributed by atoms with Crippen LogP contribution in [0.25, 0.3) is 0 Å². The smallest absolute Gasteiger partial charge is 0.0816 e. The van der Waals surface area contributed by atoms with E-state index >= 15 is 0 Å². The summed E-state index contributed by atoms with van der Waals surface area (Å²) in [5.74, 6) is 0. The van der Waals surface area contributed by atoms with Crippen LogP contribution in [0, 0.1) is 10.3 Å². The molecule has 0 rings (SSSR count). The topological polar surface area (TPSA) is 29.4 Å². The minimum absolute atomic E-state index is 0.351. The predicted octanol–water partition coefficient (Wildman–Crippen LogP) is 3.75. The van der Waals surface area contributed by atoms with E-state index in [1.165, 1.54) is 19.3 Å². The van der Waals surface area contributed by atoms with E-state index in [0.717, 1.165) is 12.8 Å². The molecule has 2 nitrogen and oxygen atoms in total. The normalized spacial score (nSPS) is 15.6. The van der Waals surface area contributed by atoms with Crippen molar-refractivity contribution in [3.63, 3.8) is 0 Å². The first-order chi connectivity index (χ1) is 5.68. The fourth-order valence-electron chi connectivity index (χ4n) is 1.40. The van der Waals surface area contributed by atoms with Gasteiger partial charge in [-0.1, -0.05) is 45.2 Å². The Bertz CT molecular complexity index is 125. The molecule has 0 N–H and O–H groups in total. The van der Waals surface area contributed by atoms with Gasteiger partial charge in [0, 0.05) is 0 Å². The van der Waals surface area contributed by atoms with E-state index < -0.39 is 0 Å². The molecule has 12 heavy (non-hydrogen) atoms. The SMILES string of the molecule is CCCCC(C)(CC)CCN=O. The first-order valence-corrected chi connectivity index (χ1v) is 4.97. The first-order valence-electron chi connectivity index (χ1n) is 4.97. The number of hydrogen-bond acceptors (Lipinski definition) is 2. The quantitative estimate of drug-likeness (QED) is 0.536. The van der Waals surface area contributed by atoms with Crippen LogP contribution in [0.3, 0.4) is 0 Å². The molecule has 1 atom stereocenters. The van der Waals surface area contributed by atoms with Crippen molar-refractivity contribution in [2.45, 2.75) is 52.9 Å². The van der Waals surface area contributed by atoms with Gasteiger partial charge in [-0.25, -0.2) is 0 Å². The van der Waals surface area contributed by atoms with E-state index in [9.17, 15) is 4.91 Å². The molecule has 0 radical (unpaired) electrons. The lowest BCUT2D eigenvalue weighted by Gasteiger charge is -2.26. The fraction of sp³-hybridized carbons (Fsp3) is 1.00. The van der Waals surface area contributed by atoms with Crippen molar-refractivity contribution < 1.29 is 0 Å². The highest BCUT2D eigenvalue weighted by Gasteiger charge is 2.20. The van der Waals surface area contributed by atoms with Crippen molar-refractivity contribution >= 4 is 0 Å². The number of nitrogens with zero attached hydrogens (tertiary/aromatic N) is 1. The lowest BCUT2D eigenvalue weighted by atomic mass is 9.79. The highest BCUT2D eigenvalue weighted by Crippen LogP contribution is 2.31. The van der Waals surface area contributed by atoms with E-state index in [1.54, 1.807) is 0 Å². The van der Waals surface area contributed by atoms with Gasteiger partial charge in [0.15, 0.2) is 0 Å². The molecule has 0 aromatic carbocycles. The van der Waals surface area contributed by atoms with Gasteiger partial charge < -0.3 is 0 Å². The van der Waals surface area contributed by atoms with Crippen LogP contribution >= 0.6 is 0 Å². The van der Waals surface area contributed by atoms with Gasteiger partial charge in [-0.05, 0) is 18.3 Å². The Morgan fingerprint density at radius 2 is 1.92 bits per heavy atom. The number of rotatable bonds is 7. The molecular weight excluding hydrogens is 150 g/mol. The summed E-state index contributed by atoms with van der Waals surface area (Å²) >= 11 is 0. The number of nitroso groups, excluding NO2 is 1. The van der Waals surface area contributed by atoms with Gasteiger partial charge in [0.2, 0.25) is 0 Å². The Balaban J connectivity index is 3.77. The molecule has 0 fully saturated rings. The molecule has 72 valence electrons. The minimum Gasteiger partial charge on any atom is -0.151 e. The van der Waals surface area contributed by atoms with Crippen LogP contribution in [0.15, 0.2) is 5.18 Å². The molecule has 0 aliphatic heterocycles. The van der Waals surface area contributed by atoms with Gasteiger partial charge in [0.05, 0.1) is 6.54 Å². The molecule has 0 aromatic heterocycles. The third kappa shape index (κ3) is 4.47. The Labute approximate surface area is 75.7 Å². The molecule has 0 amide bonds. The van der Waals surface area contributed by atoms with E-state index in [2.05, 4.69) is 25.9 Å². The van der Waals surface area contributed by atoms with Crippen LogP contribution in [0.5, 0.6) is 0 Å². The summed E-state index contributed by atoms with van der Waals surface area (Å²) in [7, 11) is 0. The molecule has 0 saturated carbocycles. The lowest BCUT2D eigenvalue weighted by Crippen LogP contribution is -2.16. The van der Waals surface area contributed by atoms with Crippen molar-refractivity contribution in [2.24, 2.45) is 10.6 Å². The average molecular weight is 171 g/mol. The van der Waals surface area contributed by atoms with Crippen LogP contribution in [0.4, 0.5) is 0 Å². The third-order valence-corrected chi connectivity index (χ3v) is 2.79. The number of unbranched alkanes of at least 4 members (excludes halogenated alkanes) is 1. The molecule has 2 heteroatoms. The van der Waals surface area contributed by atoms with E-state index in [4.69, 9.17) is 0 Å². The fourth-order valence-corrected chi connectivity index (χ4v) is 1.40. The largest absolute Gasteiger partial charge is 0.151 e. The summed E-state index contributed by atoms with van der Waals surface area (Å²) in [5, 5.41) is 2.93. The molecule has 0 aliphatic carbocycles. The van der Waals surface area contributed by atoms with Gasteiger partial charge in [-0.15, -0.1) is 0 Å². The summed E-state index contributed by atoms with van der Waals surface area (Å²) in [6.45, 7) is 7.14. The van der Waals surface area contributed by atoms with Crippen LogP contribution < -0.4 is 0 Å². The second-order valence-corrected chi connectivity index (χ2v) is 3.87. The van der Waals surface area contributed by atoms with Gasteiger partial charge in [0.25, 0.3) is 0 Å². The van der Waals surface area contributed by atoms with Crippen LogP contribution in [-0.2, 0) is 0 Å². The second-order valence-electron chi connectivity index (χ2n) is 3.87. The van der Waals surface area contributed by atoms with Gasteiger partial charge >= 0.3 is 0 Å². The molecule has 0 spiro atoms. The first kappa shape index (κ1) is 11.6. The Morgan fingerprint density at radius 1 is 1.25 bits per heavy atom. The molecular formula is C10H21NO. The van der Waals surface area contributed by atoms with Crippen LogP contribution in [0.2, 0.25) is 0 Å². The maximum absolute atomic E-state index is 9.99. The standard InChI is InChI=1S/C10H21NO/c1-4-6-7-10(3,5-2)8-9-11-12/h4-9H2,1-3H3. The zero-order valence-electron chi connectivity index (χ0n) is 8.60. The number of hydrogen-bond donors (Lipinski definition) is 0. The van der Waals surface area contributed by atoms with Crippen molar-refractivity contribution in [2.75, 3.05) is 6.54 Å². The summed E-state index contributed by atoms with van der Waals surface area (Å²) in [4.78, 5) is 9.99. The predicted molar refractivity (Wildman–Crippen MR) is 53.2 cm³/mol. The van der Waals surface area contributed by atoms with E-state index in [-0.39, 0.29) is 0 Å². The van der Waals surface area contributed by atoms with Crippen LogP contribution in [-0.4, -0.2) is 6.54 Å². The molecule has 0 aliphatic rings. The Hall–Kier alpha value is -0.400. The summed E-state index contributed by atoms with van der Waals surface area (Å²) in [5.41, 5.74) is 0.351. The summed E-state index contributed by atoms with van der Waals surface area (Å²) in [6.07, 6.45) is 5.85. The molecule has 0 aromatic rings. The zero-order valence-corrected chi connectivity index (χ0v) is 8.60. The van der Waals surface area contributed by atoms with Crippen LogP contribution in [0.1, 0.15) is 52.9 Å². The minimum atomic E-state index is 0.351. The Morgan fingerprint density at radius 3 is 2.33 bits per heavy atom. The van der Waals surface area contributed by atoms with E-state index in [1.807, 2.05) is 0 Å². The molecule has 0 heterocycles. The van der Waals surface area contributed by atoms with Gasteiger partial charge in [-0.3, -0.25) is 0 Å². The monoisotopic (exact) mass is 171 g/mol. The molecule has 0 bridgehead atoms.